The fourth-order valence-electron chi connectivity index (χ4n) is 2.26. The van der Waals surface area contributed by atoms with Crippen molar-refractivity contribution in [3.8, 4) is 5.75 Å². The molecule has 0 saturated heterocycles. The summed E-state index contributed by atoms with van der Waals surface area (Å²) in [7, 11) is 1.60. The van der Waals surface area contributed by atoms with E-state index in [1.807, 2.05) is 13.8 Å². The van der Waals surface area contributed by atoms with Gasteiger partial charge < -0.3 is 20.5 Å². The fraction of sp³-hybridized carbons (Fsp3) is 0.533. The lowest BCUT2D eigenvalue weighted by Crippen LogP contribution is -2.41. The van der Waals surface area contributed by atoms with Gasteiger partial charge in [0.15, 0.2) is 5.75 Å². The van der Waals surface area contributed by atoms with E-state index in [0.29, 0.717) is 13.2 Å². The van der Waals surface area contributed by atoms with Crippen LogP contribution in [0.1, 0.15) is 37.0 Å². The summed E-state index contributed by atoms with van der Waals surface area (Å²) < 4.78 is 5.07. The molecule has 0 aliphatic carbocycles. The van der Waals surface area contributed by atoms with E-state index >= 15 is 0 Å². The van der Waals surface area contributed by atoms with E-state index in [2.05, 4.69) is 0 Å². The Morgan fingerprint density at radius 3 is 2.60 bits per heavy atom. The quantitative estimate of drug-likeness (QED) is 0.593. The van der Waals surface area contributed by atoms with Gasteiger partial charge in [-0.1, -0.05) is 19.9 Å². The Bertz CT molecular complexity index is 445. The average molecular weight is 280 g/mol. The molecule has 0 saturated carbocycles. The second-order valence-corrected chi connectivity index (χ2v) is 4.71. The Hall–Kier alpha value is -1.75. The molecule has 0 heterocycles. The number of nitrogen functional groups attached to an aromatic ring is 1. The summed E-state index contributed by atoms with van der Waals surface area (Å²) in [5, 5.41) is 9.97. The van der Waals surface area contributed by atoms with Crippen molar-refractivity contribution < 1.29 is 14.6 Å². The van der Waals surface area contributed by atoms with Crippen molar-refractivity contribution in [2.45, 2.75) is 32.7 Å². The second-order valence-electron chi connectivity index (χ2n) is 4.71. The van der Waals surface area contributed by atoms with Crippen LogP contribution in [0.4, 0.5) is 5.69 Å². The molecule has 1 rings (SSSR count). The number of ether oxygens (including phenoxy) is 1. The van der Waals surface area contributed by atoms with Crippen molar-refractivity contribution in [1.29, 1.82) is 0 Å². The van der Waals surface area contributed by atoms with Crippen molar-refractivity contribution in [3.63, 3.8) is 0 Å². The zero-order valence-electron chi connectivity index (χ0n) is 12.4. The summed E-state index contributed by atoms with van der Waals surface area (Å²) in [6.45, 7) is 5.04. The smallest absolute Gasteiger partial charge is 0.258 e. The molecular formula is C15H24N2O3. The number of methoxy groups -OCH3 is 1. The van der Waals surface area contributed by atoms with Gasteiger partial charge in [0.05, 0.1) is 17.9 Å². The molecule has 0 aromatic heterocycles. The number of hydrogen-bond acceptors (Lipinski definition) is 4. The van der Waals surface area contributed by atoms with Gasteiger partial charge >= 0.3 is 0 Å². The average Bonchev–Trinajstić information content (AvgIpc) is 2.45. The van der Waals surface area contributed by atoms with Gasteiger partial charge in [0, 0.05) is 19.7 Å². The number of nitrogens with two attached hydrogens (primary N) is 1. The van der Waals surface area contributed by atoms with Crippen molar-refractivity contribution in [3.05, 3.63) is 23.8 Å². The van der Waals surface area contributed by atoms with Gasteiger partial charge in [-0.2, -0.15) is 0 Å². The number of hydrogen-bond donors (Lipinski definition) is 2. The topological polar surface area (TPSA) is 75.8 Å². The van der Waals surface area contributed by atoms with Crippen LogP contribution in [0.5, 0.6) is 5.75 Å². The minimum atomic E-state index is -0.208. The standard InChI is InChI=1S/C15H24N2O3/c1-4-11(5-2)17(9-10-20-3)15(19)12-7-6-8-13(16)14(12)18/h6-8,11,18H,4-5,9-10,16H2,1-3H3. The molecule has 20 heavy (non-hydrogen) atoms. The molecule has 1 amide bonds. The molecule has 0 unspecified atom stereocenters. The van der Waals surface area contributed by atoms with E-state index in [1.165, 1.54) is 0 Å². The lowest BCUT2D eigenvalue weighted by atomic mass is 10.1. The molecule has 0 aliphatic rings. The number of nitrogens with zero attached hydrogens (tertiary/aromatic N) is 1. The van der Waals surface area contributed by atoms with Crippen LogP contribution < -0.4 is 5.73 Å². The molecule has 0 bridgehead atoms. The lowest BCUT2D eigenvalue weighted by molar-refractivity contribution is 0.0586. The third kappa shape index (κ3) is 3.63. The highest BCUT2D eigenvalue weighted by Crippen LogP contribution is 2.26. The zero-order valence-corrected chi connectivity index (χ0v) is 12.4. The molecule has 1 aromatic rings. The number of carbonyl (C=O) groups is 1. The normalized spacial score (nSPS) is 10.8. The summed E-state index contributed by atoms with van der Waals surface area (Å²) >= 11 is 0. The van der Waals surface area contributed by atoms with Crippen molar-refractivity contribution in [2.75, 3.05) is 26.0 Å². The number of benzene rings is 1. The van der Waals surface area contributed by atoms with Crippen LogP contribution >= 0.6 is 0 Å². The third-order valence-electron chi connectivity index (χ3n) is 3.48. The number of aromatic hydroxyl groups is 1. The van der Waals surface area contributed by atoms with Gasteiger partial charge in [0.25, 0.3) is 5.91 Å². The molecule has 3 N–H and O–H groups in total. The van der Waals surface area contributed by atoms with Crippen LogP contribution in [0.25, 0.3) is 0 Å². The van der Waals surface area contributed by atoms with E-state index in [4.69, 9.17) is 10.5 Å². The van der Waals surface area contributed by atoms with Gasteiger partial charge in [-0.05, 0) is 25.0 Å². The number of phenolic OH excluding ortho intramolecular Hbond substituents is 1. The van der Waals surface area contributed by atoms with Crippen LogP contribution in [0.3, 0.4) is 0 Å². The van der Waals surface area contributed by atoms with Crippen LogP contribution in [0.2, 0.25) is 0 Å². The molecule has 0 radical (unpaired) electrons. The van der Waals surface area contributed by atoms with E-state index in [0.717, 1.165) is 12.8 Å². The van der Waals surface area contributed by atoms with Crippen molar-refractivity contribution in [2.24, 2.45) is 0 Å². The second kappa shape index (κ2) is 7.75. The fourth-order valence-corrected chi connectivity index (χ4v) is 2.26. The van der Waals surface area contributed by atoms with E-state index in [1.54, 1.807) is 30.2 Å². The highest BCUT2D eigenvalue weighted by molar-refractivity contribution is 5.98. The number of carbonyl (C=O) groups excluding carboxylic acids is 1. The predicted octanol–water partition coefficient (Wildman–Crippen LogP) is 2.25. The summed E-state index contributed by atoms with van der Waals surface area (Å²) in [5.41, 5.74) is 6.11. The Morgan fingerprint density at radius 2 is 2.05 bits per heavy atom. The van der Waals surface area contributed by atoms with Gasteiger partial charge in [-0.3, -0.25) is 4.79 Å². The monoisotopic (exact) mass is 280 g/mol. The molecule has 1 aromatic carbocycles. The minimum Gasteiger partial charge on any atom is -0.505 e. The first-order valence-corrected chi connectivity index (χ1v) is 6.94. The van der Waals surface area contributed by atoms with E-state index < -0.39 is 0 Å². The first kappa shape index (κ1) is 16.3. The molecule has 5 heteroatoms. The maximum absolute atomic E-state index is 12.6. The van der Waals surface area contributed by atoms with Crippen LogP contribution in [-0.2, 0) is 4.74 Å². The predicted molar refractivity (Wildman–Crippen MR) is 79.8 cm³/mol. The summed E-state index contributed by atoms with van der Waals surface area (Å²) in [6, 6.07) is 4.96. The summed E-state index contributed by atoms with van der Waals surface area (Å²) in [5.74, 6) is -0.355. The SMILES string of the molecule is CCC(CC)N(CCOC)C(=O)c1cccc(N)c1O. The molecule has 0 atom stereocenters. The van der Waals surface area contributed by atoms with Crippen molar-refractivity contribution >= 4 is 11.6 Å². The van der Waals surface area contributed by atoms with Crippen LogP contribution in [0.15, 0.2) is 18.2 Å². The minimum absolute atomic E-state index is 0.124. The highest BCUT2D eigenvalue weighted by Gasteiger charge is 2.24. The van der Waals surface area contributed by atoms with Gasteiger partial charge in [0.2, 0.25) is 0 Å². The van der Waals surface area contributed by atoms with Gasteiger partial charge in [0.1, 0.15) is 0 Å². The Balaban J connectivity index is 3.05. The van der Waals surface area contributed by atoms with Crippen LogP contribution in [0, 0.1) is 0 Å². The lowest BCUT2D eigenvalue weighted by Gasteiger charge is -2.30. The van der Waals surface area contributed by atoms with Crippen molar-refractivity contribution in [1.82, 2.24) is 4.90 Å². The summed E-state index contributed by atoms with van der Waals surface area (Å²) in [4.78, 5) is 14.4. The zero-order chi connectivity index (χ0) is 15.1. The maximum Gasteiger partial charge on any atom is 0.258 e. The molecule has 0 fully saturated rings. The summed E-state index contributed by atoms with van der Waals surface area (Å²) in [6.07, 6.45) is 1.71. The number of anilines is 1. The molecule has 112 valence electrons. The number of rotatable bonds is 7. The van der Waals surface area contributed by atoms with Crippen LogP contribution in [-0.4, -0.2) is 42.2 Å². The highest BCUT2D eigenvalue weighted by atomic mass is 16.5. The Labute approximate surface area is 120 Å². The van der Waals surface area contributed by atoms with Gasteiger partial charge in [-0.25, -0.2) is 0 Å². The number of amides is 1. The maximum atomic E-state index is 12.6. The molecular weight excluding hydrogens is 256 g/mol. The third-order valence-corrected chi connectivity index (χ3v) is 3.48. The largest absolute Gasteiger partial charge is 0.505 e. The first-order valence-electron chi connectivity index (χ1n) is 6.94. The molecule has 0 aliphatic heterocycles. The Morgan fingerprint density at radius 1 is 1.40 bits per heavy atom. The molecule has 5 nitrogen and oxygen atoms in total. The first-order chi connectivity index (χ1) is 9.56. The number of para-hydroxylation sites is 1. The Kier molecular flexibility index (Phi) is 6.31. The van der Waals surface area contributed by atoms with E-state index in [-0.39, 0.29) is 28.9 Å². The van der Waals surface area contributed by atoms with Gasteiger partial charge in [-0.15, -0.1) is 0 Å². The number of phenols is 1. The van der Waals surface area contributed by atoms with E-state index in [9.17, 15) is 9.90 Å². The molecule has 0 spiro atoms.